The normalized spacial score (nSPS) is 12.3. The fourth-order valence-electron chi connectivity index (χ4n) is 2.95. The molecule has 0 saturated heterocycles. The minimum Gasteiger partial charge on any atom is -0.339 e. The van der Waals surface area contributed by atoms with E-state index in [9.17, 15) is 22.8 Å². The summed E-state index contributed by atoms with van der Waals surface area (Å²) < 4.78 is 40.2. The van der Waals surface area contributed by atoms with Crippen LogP contribution in [0.1, 0.15) is 42.1 Å². The summed E-state index contributed by atoms with van der Waals surface area (Å²) in [5.41, 5.74) is 0.518. The van der Waals surface area contributed by atoms with E-state index in [4.69, 9.17) is 11.6 Å². The third kappa shape index (κ3) is 5.97. The minimum atomic E-state index is -4.56. The van der Waals surface area contributed by atoms with E-state index in [0.29, 0.717) is 13.1 Å². The Morgan fingerprint density at radius 1 is 1.07 bits per heavy atom. The number of rotatable bonds is 7. The number of carbonyl (C=O) groups excluding carboxylic acids is 2. The summed E-state index contributed by atoms with van der Waals surface area (Å²) in [5, 5.41) is 2.55. The van der Waals surface area contributed by atoms with Crippen LogP contribution in [0.3, 0.4) is 0 Å². The van der Waals surface area contributed by atoms with Gasteiger partial charge in [0.2, 0.25) is 5.91 Å². The Labute approximate surface area is 172 Å². The first-order valence-corrected chi connectivity index (χ1v) is 9.55. The van der Waals surface area contributed by atoms with Crippen molar-refractivity contribution in [2.75, 3.05) is 18.4 Å². The van der Waals surface area contributed by atoms with Crippen LogP contribution >= 0.6 is 11.6 Å². The van der Waals surface area contributed by atoms with Crippen LogP contribution in [-0.4, -0.2) is 36.0 Å². The van der Waals surface area contributed by atoms with Gasteiger partial charge in [0.15, 0.2) is 0 Å². The van der Waals surface area contributed by atoms with E-state index in [-0.39, 0.29) is 27.7 Å². The quantitative estimate of drug-likeness (QED) is 0.635. The molecule has 2 aromatic carbocycles. The van der Waals surface area contributed by atoms with Gasteiger partial charge in [-0.05, 0) is 37.6 Å². The lowest BCUT2D eigenvalue weighted by molar-refractivity contribution is -0.155. The van der Waals surface area contributed by atoms with Crippen LogP contribution in [0.5, 0.6) is 0 Å². The Hall–Kier alpha value is -2.54. The Morgan fingerprint density at radius 3 is 2.21 bits per heavy atom. The van der Waals surface area contributed by atoms with Gasteiger partial charge in [0.1, 0.15) is 0 Å². The molecule has 0 saturated carbocycles. The van der Waals surface area contributed by atoms with Gasteiger partial charge in [-0.15, -0.1) is 0 Å². The minimum absolute atomic E-state index is 0.0216. The predicted molar refractivity (Wildman–Crippen MR) is 107 cm³/mol. The summed E-state index contributed by atoms with van der Waals surface area (Å²) in [6.07, 6.45) is -5.32. The highest BCUT2D eigenvalue weighted by Gasteiger charge is 2.41. The summed E-state index contributed by atoms with van der Waals surface area (Å²) in [6, 6.07) is 11.6. The fraction of sp³-hybridized carbons (Fsp3) is 0.333. The van der Waals surface area contributed by atoms with Gasteiger partial charge in [0.05, 0.1) is 16.5 Å². The summed E-state index contributed by atoms with van der Waals surface area (Å²) in [5.74, 6) is -2.96. The third-order valence-corrected chi connectivity index (χ3v) is 4.83. The van der Waals surface area contributed by atoms with Gasteiger partial charge in [0.25, 0.3) is 5.91 Å². The van der Waals surface area contributed by atoms with Crippen LogP contribution in [0.4, 0.5) is 18.9 Å². The topological polar surface area (TPSA) is 49.4 Å². The number of amides is 2. The van der Waals surface area contributed by atoms with Crippen molar-refractivity contribution in [2.24, 2.45) is 0 Å². The molecule has 1 unspecified atom stereocenters. The molecule has 0 aromatic heterocycles. The van der Waals surface area contributed by atoms with Crippen LogP contribution in [0, 0.1) is 0 Å². The monoisotopic (exact) mass is 426 g/mol. The smallest absolute Gasteiger partial charge is 0.339 e. The highest BCUT2D eigenvalue weighted by atomic mass is 35.5. The molecule has 0 aliphatic rings. The van der Waals surface area contributed by atoms with Gasteiger partial charge in [-0.1, -0.05) is 41.9 Å². The van der Waals surface area contributed by atoms with E-state index < -0.39 is 24.4 Å². The van der Waals surface area contributed by atoms with Gasteiger partial charge in [-0.25, -0.2) is 0 Å². The van der Waals surface area contributed by atoms with E-state index in [2.05, 4.69) is 5.32 Å². The number of alkyl halides is 3. The number of benzene rings is 2. The first-order valence-electron chi connectivity index (χ1n) is 9.17. The standard InChI is InChI=1S/C21H22ClF3N2O2/c1-3-27(4-2)20(29)16-11-10-15(12-18(16)22)26-19(28)13-17(21(23,24)25)14-8-6-5-7-9-14/h5-12,17H,3-4,13H2,1-2H3,(H,26,28). The van der Waals surface area contributed by atoms with Crippen molar-refractivity contribution >= 4 is 29.1 Å². The Balaban J connectivity index is 2.14. The van der Waals surface area contributed by atoms with E-state index in [0.717, 1.165) is 0 Å². The first-order chi connectivity index (χ1) is 13.7. The van der Waals surface area contributed by atoms with E-state index in [1.807, 2.05) is 13.8 Å². The molecule has 0 bridgehead atoms. The highest BCUT2D eigenvalue weighted by Crippen LogP contribution is 2.37. The van der Waals surface area contributed by atoms with Crippen LogP contribution < -0.4 is 5.32 Å². The molecular weight excluding hydrogens is 405 g/mol. The van der Waals surface area contributed by atoms with Gasteiger partial charge in [-0.2, -0.15) is 13.2 Å². The van der Waals surface area contributed by atoms with Crippen LogP contribution in [0.25, 0.3) is 0 Å². The van der Waals surface area contributed by atoms with Gasteiger partial charge in [0, 0.05) is 25.2 Å². The number of halogens is 4. The molecule has 0 spiro atoms. The number of carbonyl (C=O) groups is 2. The summed E-state index contributed by atoms with van der Waals surface area (Å²) >= 11 is 6.16. The first kappa shape index (κ1) is 22.7. The zero-order chi connectivity index (χ0) is 21.6. The molecule has 29 heavy (non-hydrogen) atoms. The molecular formula is C21H22ClF3N2O2. The van der Waals surface area contributed by atoms with Crippen molar-refractivity contribution in [1.29, 1.82) is 0 Å². The largest absolute Gasteiger partial charge is 0.396 e. The number of nitrogens with one attached hydrogen (secondary N) is 1. The second-order valence-corrected chi connectivity index (χ2v) is 6.84. The molecule has 0 aliphatic heterocycles. The second kappa shape index (κ2) is 9.78. The van der Waals surface area contributed by atoms with Crippen molar-refractivity contribution in [2.45, 2.75) is 32.4 Å². The summed E-state index contributed by atoms with van der Waals surface area (Å²) in [4.78, 5) is 26.2. The summed E-state index contributed by atoms with van der Waals surface area (Å²) in [7, 11) is 0. The molecule has 0 heterocycles. The van der Waals surface area contributed by atoms with Crippen LogP contribution in [-0.2, 0) is 4.79 Å². The average Bonchev–Trinajstić information content (AvgIpc) is 2.67. The lowest BCUT2D eigenvalue weighted by Gasteiger charge is -2.21. The lowest BCUT2D eigenvalue weighted by atomic mass is 9.94. The Kier molecular flexibility index (Phi) is 7.67. The molecule has 0 radical (unpaired) electrons. The molecule has 1 atom stereocenters. The molecule has 2 rings (SSSR count). The molecule has 0 fully saturated rings. The zero-order valence-electron chi connectivity index (χ0n) is 16.1. The maximum atomic E-state index is 13.4. The number of nitrogens with zero attached hydrogens (tertiary/aromatic N) is 1. The highest BCUT2D eigenvalue weighted by molar-refractivity contribution is 6.34. The van der Waals surface area contributed by atoms with Gasteiger partial charge in [-0.3, -0.25) is 9.59 Å². The average molecular weight is 427 g/mol. The molecule has 8 heteroatoms. The van der Waals surface area contributed by atoms with Gasteiger partial charge < -0.3 is 10.2 Å². The fourth-order valence-corrected chi connectivity index (χ4v) is 3.21. The molecule has 2 aromatic rings. The number of hydrogen-bond donors (Lipinski definition) is 1. The second-order valence-electron chi connectivity index (χ2n) is 6.43. The van der Waals surface area contributed by atoms with Crippen molar-refractivity contribution < 1.29 is 22.8 Å². The molecule has 2 amide bonds. The SMILES string of the molecule is CCN(CC)C(=O)c1ccc(NC(=O)CC(c2ccccc2)C(F)(F)F)cc1Cl. The van der Waals surface area contributed by atoms with E-state index >= 15 is 0 Å². The zero-order valence-corrected chi connectivity index (χ0v) is 16.8. The number of hydrogen-bond acceptors (Lipinski definition) is 2. The predicted octanol–water partition coefficient (Wildman–Crippen LogP) is 5.50. The van der Waals surface area contributed by atoms with Crippen molar-refractivity contribution in [1.82, 2.24) is 4.90 Å². The van der Waals surface area contributed by atoms with Crippen LogP contribution in [0.15, 0.2) is 48.5 Å². The molecule has 4 nitrogen and oxygen atoms in total. The Morgan fingerprint density at radius 2 is 1.69 bits per heavy atom. The molecule has 1 N–H and O–H groups in total. The lowest BCUT2D eigenvalue weighted by Crippen LogP contribution is -2.30. The maximum absolute atomic E-state index is 13.4. The van der Waals surface area contributed by atoms with Crippen LogP contribution in [0.2, 0.25) is 5.02 Å². The van der Waals surface area contributed by atoms with E-state index in [1.165, 1.54) is 42.5 Å². The van der Waals surface area contributed by atoms with Crippen molar-refractivity contribution in [3.8, 4) is 0 Å². The third-order valence-electron chi connectivity index (χ3n) is 4.52. The summed E-state index contributed by atoms with van der Waals surface area (Å²) in [6.45, 7) is 4.71. The van der Waals surface area contributed by atoms with Crippen molar-refractivity contribution in [3.05, 3.63) is 64.7 Å². The number of anilines is 1. The maximum Gasteiger partial charge on any atom is 0.396 e. The van der Waals surface area contributed by atoms with E-state index in [1.54, 1.807) is 11.0 Å². The van der Waals surface area contributed by atoms with Crippen molar-refractivity contribution in [3.63, 3.8) is 0 Å². The Bertz CT molecular complexity index is 853. The molecule has 156 valence electrons. The molecule has 0 aliphatic carbocycles. The van der Waals surface area contributed by atoms with Gasteiger partial charge >= 0.3 is 6.18 Å².